The van der Waals surface area contributed by atoms with E-state index in [-0.39, 0.29) is 5.91 Å². The Balaban J connectivity index is 1.63. The largest absolute Gasteiger partial charge is 0.467 e. The van der Waals surface area contributed by atoms with Crippen LogP contribution in [-0.4, -0.2) is 15.9 Å². The van der Waals surface area contributed by atoms with Gasteiger partial charge in [0.05, 0.1) is 18.4 Å². The number of anilines is 2. The second-order valence-corrected chi connectivity index (χ2v) is 5.56. The number of nitrogens with one attached hydrogen (secondary N) is 2. The molecular formula is C18H18N4O2. The molecule has 122 valence electrons. The van der Waals surface area contributed by atoms with Crippen LogP contribution >= 0.6 is 0 Å². The number of benzene rings is 1. The molecule has 0 fully saturated rings. The number of hydrogen-bond acceptors (Lipinski definition) is 5. The Kier molecular flexibility index (Phi) is 4.56. The van der Waals surface area contributed by atoms with Crippen molar-refractivity contribution >= 4 is 17.5 Å². The van der Waals surface area contributed by atoms with Gasteiger partial charge in [0.1, 0.15) is 5.76 Å². The molecule has 0 aliphatic rings. The molecule has 3 aromatic rings. The van der Waals surface area contributed by atoms with Gasteiger partial charge in [0.25, 0.3) is 5.91 Å². The quantitative estimate of drug-likeness (QED) is 0.753. The molecule has 6 nitrogen and oxygen atoms in total. The molecule has 0 saturated carbocycles. The van der Waals surface area contributed by atoms with E-state index in [0.717, 1.165) is 16.8 Å². The fourth-order valence-corrected chi connectivity index (χ4v) is 2.37. The van der Waals surface area contributed by atoms with Crippen molar-refractivity contribution in [3.63, 3.8) is 0 Å². The van der Waals surface area contributed by atoms with Gasteiger partial charge in [-0.3, -0.25) is 4.79 Å². The number of nitrogens with zero attached hydrogens (tertiary/aromatic N) is 2. The predicted octanol–water partition coefficient (Wildman–Crippen LogP) is 3.36. The zero-order chi connectivity index (χ0) is 16.9. The summed E-state index contributed by atoms with van der Waals surface area (Å²) in [7, 11) is 0. The molecule has 1 aromatic carbocycles. The number of rotatable bonds is 5. The second-order valence-electron chi connectivity index (χ2n) is 5.56. The topological polar surface area (TPSA) is 80.0 Å². The number of aromatic nitrogens is 2. The lowest BCUT2D eigenvalue weighted by atomic mass is 10.1. The van der Waals surface area contributed by atoms with Crippen LogP contribution < -0.4 is 10.6 Å². The highest BCUT2D eigenvalue weighted by Gasteiger charge is 2.08. The van der Waals surface area contributed by atoms with Crippen molar-refractivity contribution in [3.8, 4) is 0 Å². The molecule has 1 amide bonds. The van der Waals surface area contributed by atoms with E-state index in [0.29, 0.717) is 23.8 Å². The van der Waals surface area contributed by atoms with Crippen LogP contribution in [0.4, 0.5) is 11.6 Å². The maximum Gasteiger partial charge on any atom is 0.254 e. The van der Waals surface area contributed by atoms with E-state index in [2.05, 4.69) is 26.7 Å². The third kappa shape index (κ3) is 3.98. The van der Waals surface area contributed by atoms with Crippen LogP contribution in [0.15, 0.2) is 53.4 Å². The van der Waals surface area contributed by atoms with Crippen LogP contribution in [0.25, 0.3) is 0 Å². The van der Waals surface area contributed by atoms with Gasteiger partial charge in [-0.05, 0) is 49.2 Å². The SMILES string of the molecule is Cc1cc(C)cc(Nc2ncc(C(=O)NCc3ccco3)cn2)c1. The second kappa shape index (κ2) is 6.95. The minimum atomic E-state index is -0.246. The third-order valence-electron chi connectivity index (χ3n) is 3.40. The summed E-state index contributed by atoms with van der Waals surface area (Å²) >= 11 is 0. The lowest BCUT2D eigenvalue weighted by molar-refractivity contribution is 0.0947. The fraction of sp³-hybridized carbons (Fsp3) is 0.167. The van der Waals surface area contributed by atoms with Gasteiger partial charge >= 0.3 is 0 Å². The summed E-state index contributed by atoms with van der Waals surface area (Å²) in [6.07, 6.45) is 4.56. The predicted molar refractivity (Wildman–Crippen MR) is 91.1 cm³/mol. The molecule has 3 rings (SSSR count). The highest BCUT2D eigenvalue weighted by atomic mass is 16.3. The lowest BCUT2D eigenvalue weighted by Crippen LogP contribution is -2.22. The van der Waals surface area contributed by atoms with Gasteiger partial charge in [-0.25, -0.2) is 9.97 Å². The van der Waals surface area contributed by atoms with Crippen LogP contribution in [0.5, 0.6) is 0 Å². The summed E-state index contributed by atoms with van der Waals surface area (Å²) in [5.41, 5.74) is 3.63. The number of carbonyl (C=O) groups excluding carboxylic acids is 1. The highest BCUT2D eigenvalue weighted by molar-refractivity contribution is 5.93. The monoisotopic (exact) mass is 322 g/mol. The summed E-state index contributed by atoms with van der Waals surface area (Å²) in [5, 5.41) is 5.89. The molecule has 2 aromatic heterocycles. The number of aryl methyl sites for hydroxylation is 2. The molecule has 6 heteroatoms. The van der Waals surface area contributed by atoms with Gasteiger partial charge in [0.2, 0.25) is 5.95 Å². The minimum absolute atomic E-state index is 0.246. The van der Waals surface area contributed by atoms with Gasteiger partial charge < -0.3 is 15.1 Å². The van der Waals surface area contributed by atoms with E-state index in [1.807, 2.05) is 26.0 Å². The molecular weight excluding hydrogens is 304 g/mol. The summed E-state index contributed by atoms with van der Waals surface area (Å²) in [6.45, 7) is 4.39. The smallest absolute Gasteiger partial charge is 0.254 e. The van der Waals surface area contributed by atoms with Crippen LogP contribution in [0.1, 0.15) is 27.2 Å². The molecule has 2 heterocycles. The maximum absolute atomic E-state index is 12.0. The summed E-state index contributed by atoms with van der Waals surface area (Å²) in [6, 6.07) is 9.70. The summed E-state index contributed by atoms with van der Waals surface area (Å²) in [5.74, 6) is 0.893. The maximum atomic E-state index is 12.0. The van der Waals surface area contributed by atoms with Crippen molar-refractivity contribution in [2.45, 2.75) is 20.4 Å². The summed E-state index contributed by atoms with van der Waals surface area (Å²) in [4.78, 5) is 20.4. The summed E-state index contributed by atoms with van der Waals surface area (Å²) < 4.78 is 5.17. The standard InChI is InChI=1S/C18H18N4O2/c1-12-6-13(2)8-15(7-12)22-18-20-9-14(10-21-18)17(23)19-11-16-4-3-5-24-16/h3-10H,11H2,1-2H3,(H,19,23)(H,20,21,22). The number of furan rings is 1. The lowest BCUT2D eigenvalue weighted by Gasteiger charge is -2.08. The number of amides is 1. The van der Waals surface area contributed by atoms with Gasteiger partial charge in [0.15, 0.2) is 0 Å². The molecule has 0 aliphatic carbocycles. The Labute approximate surface area is 140 Å². The first-order valence-electron chi connectivity index (χ1n) is 7.58. The Morgan fingerprint density at radius 2 is 1.83 bits per heavy atom. The molecule has 0 atom stereocenters. The number of hydrogen-bond donors (Lipinski definition) is 2. The first kappa shape index (κ1) is 15.7. The Bertz CT molecular complexity index is 806. The van der Waals surface area contributed by atoms with Crippen molar-refractivity contribution < 1.29 is 9.21 Å². The average molecular weight is 322 g/mol. The van der Waals surface area contributed by atoms with Crippen molar-refractivity contribution in [1.29, 1.82) is 0 Å². The normalized spacial score (nSPS) is 10.4. The van der Waals surface area contributed by atoms with E-state index in [1.165, 1.54) is 12.4 Å². The van der Waals surface area contributed by atoms with Crippen molar-refractivity contribution in [2.24, 2.45) is 0 Å². The van der Waals surface area contributed by atoms with Gasteiger partial charge in [-0.15, -0.1) is 0 Å². The van der Waals surface area contributed by atoms with Crippen molar-refractivity contribution in [2.75, 3.05) is 5.32 Å². The molecule has 0 spiro atoms. The van der Waals surface area contributed by atoms with E-state index in [1.54, 1.807) is 18.4 Å². The van der Waals surface area contributed by atoms with Gasteiger partial charge in [-0.2, -0.15) is 0 Å². The van der Waals surface area contributed by atoms with Crippen LogP contribution in [0.3, 0.4) is 0 Å². The molecule has 0 bridgehead atoms. The minimum Gasteiger partial charge on any atom is -0.467 e. The first-order chi connectivity index (χ1) is 11.6. The van der Waals surface area contributed by atoms with E-state index in [4.69, 9.17) is 4.42 Å². The zero-order valence-electron chi connectivity index (χ0n) is 13.5. The molecule has 0 saturated heterocycles. The van der Waals surface area contributed by atoms with Crippen molar-refractivity contribution in [3.05, 3.63) is 71.4 Å². The molecule has 24 heavy (non-hydrogen) atoms. The van der Waals surface area contributed by atoms with Crippen LogP contribution in [0, 0.1) is 13.8 Å². The van der Waals surface area contributed by atoms with Crippen LogP contribution in [-0.2, 0) is 6.54 Å². The average Bonchev–Trinajstić information content (AvgIpc) is 3.06. The van der Waals surface area contributed by atoms with Gasteiger partial charge in [0, 0.05) is 18.1 Å². The molecule has 2 N–H and O–H groups in total. The Morgan fingerprint density at radius 3 is 2.46 bits per heavy atom. The third-order valence-corrected chi connectivity index (χ3v) is 3.40. The molecule has 0 unspecified atom stereocenters. The van der Waals surface area contributed by atoms with E-state index < -0.39 is 0 Å². The zero-order valence-corrected chi connectivity index (χ0v) is 13.5. The fourth-order valence-electron chi connectivity index (χ4n) is 2.37. The highest BCUT2D eigenvalue weighted by Crippen LogP contribution is 2.17. The van der Waals surface area contributed by atoms with Gasteiger partial charge in [-0.1, -0.05) is 6.07 Å². The Hall–Kier alpha value is -3.15. The van der Waals surface area contributed by atoms with E-state index in [9.17, 15) is 4.79 Å². The Morgan fingerprint density at radius 1 is 1.12 bits per heavy atom. The molecule has 0 aliphatic heterocycles. The van der Waals surface area contributed by atoms with Crippen LogP contribution in [0.2, 0.25) is 0 Å². The number of carbonyl (C=O) groups is 1. The molecule has 0 radical (unpaired) electrons. The van der Waals surface area contributed by atoms with E-state index >= 15 is 0 Å². The van der Waals surface area contributed by atoms with Crippen molar-refractivity contribution in [1.82, 2.24) is 15.3 Å². The first-order valence-corrected chi connectivity index (χ1v) is 7.58.